The number of amides is 12. The van der Waals surface area contributed by atoms with Crippen molar-refractivity contribution in [1.82, 2.24) is 58.1 Å². The third-order valence-electron chi connectivity index (χ3n) is 17.2. The normalized spacial score (nSPS) is 16.2. The molecule has 0 aromatic heterocycles. The number of aliphatic hydroxyl groups is 1. The van der Waals surface area contributed by atoms with Gasteiger partial charge in [-0.2, -0.15) is 25.3 Å². The zero-order chi connectivity index (χ0) is 77.8. The van der Waals surface area contributed by atoms with Gasteiger partial charge in [-0.15, -0.1) is 0 Å². The third-order valence-corrected chi connectivity index (χ3v) is 18.2. The zero-order valence-electron chi connectivity index (χ0n) is 58.5. The first-order chi connectivity index (χ1) is 49.7. The number of carboxylic acids is 1. The Hall–Kier alpha value is -9.74. The van der Waals surface area contributed by atoms with Gasteiger partial charge in [0, 0.05) is 63.2 Å². The summed E-state index contributed by atoms with van der Waals surface area (Å²) >= 11 is 14.8. The zero-order valence-corrected chi connectivity index (χ0v) is 61.0. The molecule has 1 aliphatic heterocycles. The van der Waals surface area contributed by atoms with E-state index in [9.17, 15) is 87.9 Å². The number of nitrogens with zero attached hydrogens (tertiary/aromatic N) is 1. The van der Waals surface area contributed by atoms with Crippen molar-refractivity contribution in [3.05, 3.63) is 124 Å². The first-order valence-corrected chi connectivity index (χ1v) is 35.6. The van der Waals surface area contributed by atoms with E-state index in [1.165, 1.54) is 66.7 Å². The summed E-state index contributed by atoms with van der Waals surface area (Å²) in [7, 11) is 0. The Balaban J connectivity index is 1.29. The SMILES string of the molecule is CCC(C)[C@H](NC(=O)[C@H](Cc1ccc(O)cc1)NC(=O)[C@H](CS)NC(=O)[C@H](CC(C)C)NC(=O)CNC(=O)[C@H](Cc1ccc(O)c(Cl)c1)NC(=O)[C@H]1C[C@@H](O)CN1C(=O)[C@H](CS)NC(=O)[C@@H](CCC(=O)O)NC(=O)[C@@H](N)Cc1ccc(O)cc1)C(=O)N[C@@H](CCC(N)=O)C(=O)NCc1cccc(CN)c1. The van der Waals surface area contributed by atoms with Crippen LogP contribution in [0.5, 0.6) is 17.2 Å². The number of likely N-dealkylation sites (tertiary alicyclic amines) is 1. The lowest BCUT2D eigenvalue weighted by atomic mass is 9.96. The highest BCUT2D eigenvalue weighted by molar-refractivity contribution is 7.80. The van der Waals surface area contributed by atoms with E-state index in [0.717, 1.165) is 10.5 Å². The number of thiol groups is 2. The van der Waals surface area contributed by atoms with E-state index < -0.39 is 181 Å². The van der Waals surface area contributed by atoms with E-state index in [-0.39, 0.29) is 97.5 Å². The molecule has 0 radical (unpaired) electrons. The number of hydrogen-bond acceptors (Lipinski definition) is 21. The molecule has 0 spiro atoms. The number of benzene rings is 4. The van der Waals surface area contributed by atoms with Gasteiger partial charge in [0.05, 0.1) is 23.7 Å². The van der Waals surface area contributed by atoms with Gasteiger partial charge in [-0.05, 0) is 102 Å². The summed E-state index contributed by atoms with van der Waals surface area (Å²) in [6.45, 7) is 5.89. The lowest BCUT2D eigenvalue weighted by molar-refractivity contribution is -0.142. The summed E-state index contributed by atoms with van der Waals surface area (Å²) in [5, 5.41) is 75.9. The number of rotatable bonds is 41. The van der Waals surface area contributed by atoms with Crippen LogP contribution in [0.1, 0.15) is 100 Å². The third kappa shape index (κ3) is 28.0. The maximum absolute atomic E-state index is 14.5. The monoisotopic (exact) mass is 1520 g/mol. The number of phenols is 3. The van der Waals surface area contributed by atoms with E-state index in [4.69, 9.17) is 28.8 Å². The van der Waals surface area contributed by atoms with Crippen LogP contribution in [-0.2, 0) is 94.7 Å². The molecule has 1 heterocycles. The number of aliphatic hydroxyl groups excluding tert-OH is 1. The Labute approximate surface area is 622 Å². The molecule has 0 aliphatic carbocycles. The number of phenolic OH excluding ortho intramolecular Hbond substituents is 3. The van der Waals surface area contributed by atoms with Crippen LogP contribution in [0.2, 0.25) is 5.02 Å². The fourth-order valence-electron chi connectivity index (χ4n) is 11.2. The van der Waals surface area contributed by atoms with Crippen LogP contribution < -0.4 is 70.4 Å². The van der Waals surface area contributed by atoms with Crippen molar-refractivity contribution >= 4 is 114 Å². The van der Waals surface area contributed by atoms with Gasteiger partial charge in [0.25, 0.3) is 0 Å². The molecule has 12 atom stereocenters. The molecule has 1 saturated heterocycles. The highest BCUT2D eigenvalue weighted by Gasteiger charge is 2.43. The number of primary amides is 1. The first-order valence-electron chi connectivity index (χ1n) is 34.0. The van der Waals surface area contributed by atoms with Crippen molar-refractivity contribution in [2.45, 2.75) is 172 Å². The molecule has 4 aromatic carbocycles. The van der Waals surface area contributed by atoms with Crippen molar-refractivity contribution < 1.29 is 87.9 Å². The Kier molecular flexibility index (Phi) is 34.6. The summed E-state index contributed by atoms with van der Waals surface area (Å²) in [6.07, 6.45) is -3.57. The second-order valence-electron chi connectivity index (χ2n) is 26.0. The van der Waals surface area contributed by atoms with Gasteiger partial charge < -0.3 is 101 Å². The summed E-state index contributed by atoms with van der Waals surface area (Å²) in [6, 6.07) is 8.07. The Morgan fingerprint density at radius 1 is 0.571 bits per heavy atom. The minimum atomic E-state index is -1.59. The maximum atomic E-state index is 14.5. The lowest BCUT2D eigenvalue weighted by Gasteiger charge is -2.30. The number of β-amino-alcohol motifs (C(OH)–C–C–N with tert-alkyl or cyclic N) is 1. The summed E-state index contributed by atoms with van der Waals surface area (Å²) < 4.78 is 0. The molecule has 1 unspecified atom stereocenters. The summed E-state index contributed by atoms with van der Waals surface area (Å²) in [5.41, 5.74) is 20.1. The highest BCUT2D eigenvalue weighted by atomic mass is 35.5. The Bertz CT molecular complexity index is 3710. The topological polar surface area (TPSA) is 525 Å². The minimum Gasteiger partial charge on any atom is -0.508 e. The van der Waals surface area contributed by atoms with Crippen LogP contribution >= 0.6 is 36.9 Å². The van der Waals surface area contributed by atoms with Crippen LogP contribution in [0.25, 0.3) is 0 Å². The summed E-state index contributed by atoms with van der Waals surface area (Å²) in [4.78, 5) is 179. The molecule has 1 fully saturated rings. The van der Waals surface area contributed by atoms with Gasteiger partial charge in [-0.1, -0.05) is 100 Å². The fourth-order valence-corrected chi connectivity index (χ4v) is 11.9. The van der Waals surface area contributed by atoms with Crippen molar-refractivity contribution in [1.29, 1.82) is 0 Å². The molecule has 32 nitrogen and oxygen atoms in total. The summed E-state index contributed by atoms with van der Waals surface area (Å²) in [5.74, 6) is -14.1. The number of aromatic hydroxyl groups is 3. The average molecular weight is 1520 g/mol. The molecular weight excluding hydrogens is 1420 g/mol. The predicted octanol–water partition coefficient (Wildman–Crippen LogP) is -1.37. The Morgan fingerprint density at radius 2 is 1.09 bits per heavy atom. The van der Waals surface area contributed by atoms with Crippen LogP contribution in [-0.4, -0.2) is 198 Å². The van der Waals surface area contributed by atoms with Gasteiger partial charge in [-0.25, -0.2) is 0 Å². The minimum absolute atomic E-state index is 0.0341. The molecule has 1 aliphatic rings. The number of aliphatic carboxylic acids is 1. The van der Waals surface area contributed by atoms with E-state index in [2.05, 4.69) is 78.4 Å². The predicted molar refractivity (Wildman–Crippen MR) is 391 cm³/mol. The lowest BCUT2D eigenvalue weighted by Crippen LogP contribution is -2.61. The molecular formula is C70H95ClN14O18S2. The van der Waals surface area contributed by atoms with Gasteiger partial charge in [0.15, 0.2) is 0 Å². The first kappa shape index (κ1) is 85.9. The van der Waals surface area contributed by atoms with Gasteiger partial charge in [-0.3, -0.25) is 62.3 Å². The smallest absolute Gasteiger partial charge is 0.303 e. The van der Waals surface area contributed by atoms with Crippen molar-refractivity contribution in [3.8, 4) is 17.2 Å². The van der Waals surface area contributed by atoms with Gasteiger partial charge >= 0.3 is 5.97 Å². The standard InChI is InChI=1S/C70H95ClN14O18S2/c1-5-37(4)60(69(102)79-48(18-21-57(74)90)62(95)75-31-42-8-6-7-41(24-42)30-72)84-66(99)52(27-39-11-16-44(87)17-12-39)80-67(100)53(34-104)82-65(98)50(23-36(2)3)77-58(91)32-76-63(96)51(28-40-13-20-56(89)46(71)25-40)81-68(101)55-29-45(88)33-85(55)70(103)54(35-105)83-64(97)49(19-22-59(92)93)78-61(94)47(73)26-38-9-14-43(86)15-10-38/h6-17,20,24-25,36-37,45,47-55,60,86-89,104-105H,5,18-19,21-23,26-35,72-73H2,1-4H3,(H2,74,90)(H,75,95)(H,76,96)(H,77,91)(H,78,94)(H,79,102)(H,80,100)(H,81,101)(H,82,98)(H,83,97)(H,84,99)(H,92,93)/t37?,45-,47+,48+,49-,50+,51+,52+,53+,54+,55-,60+/m1/s1. The van der Waals surface area contributed by atoms with E-state index in [0.29, 0.717) is 23.1 Å². The molecule has 35 heteroatoms. The fraction of sp³-hybridized carbons (Fsp3) is 0.471. The largest absolute Gasteiger partial charge is 0.508 e. The van der Waals surface area contributed by atoms with E-state index in [1.807, 2.05) is 6.07 Å². The second-order valence-corrected chi connectivity index (χ2v) is 27.1. The van der Waals surface area contributed by atoms with Crippen LogP contribution in [0, 0.1) is 11.8 Å². The van der Waals surface area contributed by atoms with Crippen LogP contribution in [0.4, 0.5) is 0 Å². The number of carbonyl (C=O) groups excluding carboxylic acids is 12. The van der Waals surface area contributed by atoms with E-state index in [1.54, 1.807) is 45.9 Å². The molecule has 21 N–H and O–H groups in total. The quantitative estimate of drug-likeness (QED) is 0.0228. The Morgan fingerprint density at radius 3 is 1.68 bits per heavy atom. The molecule has 4 aromatic rings. The number of nitrogens with one attached hydrogen (secondary N) is 10. The molecule has 5 rings (SSSR count). The number of carboxylic acid groups (broad SMARTS) is 1. The molecule has 12 amide bonds. The molecule has 0 saturated carbocycles. The number of nitrogens with two attached hydrogens (primary N) is 3. The molecule has 105 heavy (non-hydrogen) atoms. The number of halogens is 1. The van der Waals surface area contributed by atoms with Crippen molar-refractivity contribution in [2.24, 2.45) is 29.0 Å². The van der Waals surface area contributed by atoms with Crippen LogP contribution in [0.3, 0.4) is 0 Å². The number of hydrogen-bond donors (Lipinski definition) is 20. The van der Waals surface area contributed by atoms with Crippen LogP contribution in [0.15, 0.2) is 91.0 Å². The van der Waals surface area contributed by atoms with Gasteiger partial charge in [0.2, 0.25) is 70.9 Å². The highest BCUT2D eigenvalue weighted by Crippen LogP contribution is 2.26. The maximum Gasteiger partial charge on any atom is 0.303 e. The van der Waals surface area contributed by atoms with Crippen molar-refractivity contribution in [3.63, 3.8) is 0 Å². The van der Waals surface area contributed by atoms with E-state index >= 15 is 0 Å². The second kappa shape index (κ2) is 42.3. The van der Waals surface area contributed by atoms with Crippen molar-refractivity contribution in [2.75, 3.05) is 24.6 Å². The number of carbonyl (C=O) groups is 13. The molecule has 0 bridgehead atoms. The molecule has 572 valence electrons. The average Bonchev–Trinajstić information content (AvgIpc) is 1.69. The van der Waals surface area contributed by atoms with Gasteiger partial charge in [0.1, 0.15) is 71.6 Å².